The minimum Gasteiger partial charge on any atom is -0.494 e. The molecule has 172 valence electrons. The largest absolute Gasteiger partial charge is 0.494 e. The molecule has 2 aromatic carbocycles. The highest BCUT2D eigenvalue weighted by molar-refractivity contribution is 7.89. The summed E-state index contributed by atoms with van der Waals surface area (Å²) in [6, 6.07) is 13.1. The predicted octanol–water partition coefficient (Wildman–Crippen LogP) is 3.85. The number of sulfonamides is 1. The van der Waals surface area contributed by atoms with Gasteiger partial charge < -0.3 is 10.1 Å². The maximum Gasteiger partial charge on any atom is 0.243 e. The molecule has 0 radical (unpaired) electrons. The highest BCUT2D eigenvalue weighted by Gasteiger charge is 2.33. The standard InChI is InChI=1S/C25H32N2O4S/c1-3-31-23-9-5-7-21(16-23)18(2)26-25(28)20-12-14-27(15-13-20)32(29,30)24-11-10-19-6-4-8-22(19)17-24/h5,7,9-11,16-18,20H,3-4,6,8,12-15H2,1-2H3,(H,26,28). The Morgan fingerprint density at radius 1 is 1.12 bits per heavy atom. The molecule has 1 fully saturated rings. The number of hydrogen-bond acceptors (Lipinski definition) is 4. The lowest BCUT2D eigenvalue weighted by molar-refractivity contribution is -0.126. The van der Waals surface area contributed by atoms with E-state index in [0.717, 1.165) is 36.1 Å². The van der Waals surface area contributed by atoms with Gasteiger partial charge in [-0.15, -0.1) is 0 Å². The molecule has 0 bridgehead atoms. The summed E-state index contributed by atoms with van der Waals surface area (Å²) >= 11 is 0. The van der Waals surface area contributed by atoms with E-state index in [0.29, 0.717) is 37.4 Å². The molecule has 32 heavy (non-hydrogen) atoms. The molecular formula is C25H32N2O4S. The molecule has 1 amide bonds. The first-order chi connectivity index (χ1) is 15.4. The van der Waals surface area contributed by atoms with Gasteiger partial charge in [-0.2, -0.15) is 4.31 Å². The van der Waals surface area contributed by atoms with Crippen LogP contribution in [0, 0.1) is 5.92 Å². The molecule has 1 N–H and O–H groups in total. The van der Waals surface area contributed by atoms with Crippen molar-refractivity contribution in [2.45, 2.75) is 56.9 Å². The number of piperidine rings is 1. The number of amides is 1. The summed E-state index contributed by atoms with van der Waals surface area (Å²) in [6.07, 6.45) is 4.13. The van der Waals surface area contributed by atoms with Crippen LogP contribution in [-0.2, 0) is 27.7 Å². The summed E-state index contributed by atoms with van der Waals surface area (Å²) in [7, 11) is -3.52. The van der Waals surface area contributed by atoms with Gasteiger partial charge in [0.15, 0.2) is 0 Å². The molecule has 1 saturated heterocycles. The van der Waals surface area contributed by atoms with Crippen LogP contribution < -0.4 is 10.1 Å². The summed E-state index contributed by atoms with van der Waals surface area (Å²) in [4.78, 5) is 13.2. The average molecular weight is 457 g/mol. The molecule has 4 rings (SSSR count). The second-order valence-electron chi connectivity index (χ2n) is 8.70. The van der Waals surface area contributed by atoms with Crippen molar-refractivity contribution < 1.29 is 17.9 Å². The van der Waals surface area contributed by atoms with E-state index in [1.165, 1.54) is 9.87 Å². The van der Waals surface area contributed by atoms with Crippen molar-refractivity contribution in [3.05, 3.63) is 59.2 Å². The van der Waals surface area contributed by atoms with Crippen molar-refractivity contribution in [1.82, 2.24) is 9.62 Å². The van der Waals surface area contributed by atoms with Gasteiger partial charge in [0.1, 0.15) is 5.75 Å². The van der Waals surface area contributed by atoms with Crippen LogP contribution in [0.4, 0.5) is 0 Å². The lowest BCUT2D eigenvalue weighted by Gasteiger charge is -2.31. The Kier molecular flexibility index (Phi) is 6.86. The van der Waals surface area contributed by atoms with E-state index in [1.54, 1.807) is 6.07 Å². The number of rotatable bonds is 7. The van der Waals surface area contributed by atoms with Crippen molar-refractivity contribution in [3.8, 4) is 5.75 Å². The highest BCUT2D eigenvalue weighted by Crippen LogP contribution is 2.29. The second-order valence-corrected chi connectivity index (χ2v) is 10.6. The average Bonchev–Trinajstić information content (AvgIpc) is 3.27. The van der Waals surface area contributed by atoms with E-state index >= 15 is 0 Å². The van der Waals surface area contributed by atoms with E-state index in [9.17, 15) is 13.2 Å². The van der Waals surface area contributed by atoms with Gasteiger partial charge in [0.05, 0.1) is 17.5 Å². The van der Waals surface area contributed by atoms with E-state index in [4.69, 9.17) is 4.74 Å². The minimum absolute atomic E-state index is 0.0195. The first-order valence-corrected chi connectivity index (χ1v) is 13.0. The fraction of sp³-hybridized carbons (Fsp3) is 0.480. The Labute approximate surface area is 191 Å². The number of carbonyl (C=O) groups excluding carboxylic acids is 1. The van der Waals surface area contributed by atoms with E-state index in [2.05, 4.69) is 5.32 Å². The lowest BCUT2D eigenvalue weighted by atomic mass is 9.96. The number of aryl methyl sites for hydroxylation is 2. The Morgan fingerprint density at radius 3 is 2.62 bits per heavy atom. The van der Waals surface area contributed by atoms with E-state index in [1.807, 2.05) is 50.2 Å². The van der Waals surface area contributed by atoms with Crippen LogP contribution >= 0.6 is 0 Å². The smallest absolute Gasteiger partial charge is 0.243 e. The maximum absolute atomic E-state index is 13.1. The van der Waals surface area contributed by atoms with E-state index < -0.39 is 10.0 Å². The Hall–Kier alpha value is -2.38. The third-order valence-electron chi connectivity index (χ3n) is 6.56. The fourth-order valence-corrected chi connectivity index (χ4v) is 6.19. The Bertz CT molecular complexity index is 1080. The molecule has 0 saturated carbocycles. The summed E-state index contributed by atoms with van der Waals surface area (Å²) in [5.74, 6) is 0.587. The van der Waals surface area contributed by atoms with Crippen LogP contribution in [0.5, 0.6) is 5.75 Å². The molecule has 0 aromatic heterocycles. The molecule has 1 aliphatic heterocycles. The molecule has 2 aliphatic rings. The SMILES string of the molecule is CCOc1cccc(C(C)NC(=O)C2CCN(S(=O)(=O)c3ccc4c(c3)CCC4)CC2)c1. The number of ether oxygens (including phenoxy) is 1. The quantitative estimate of drug-likeness (QED) is 0.687. The van der Waals surface area contributed by atoms with Gasteiger partial charge in [0, 0.05) is 19.0 Å². The van der Waals surface area contributed by atoms with E-state index in [-0.39, 0.29) is 17.9 Å². The zero-order valence-electron chi connectivity index (χ0n) is 18.8. The molecule has 7 heteroatoms. The molecular weight excluding hydrogens is 424 g/mol. The van der Waals surface area contributed by atoms with Crippen molar-refractivity contribution in [2.24, 2.45) is 5.92 Å². The number of nitrogens with one attached hydrogen (secondary N) is 1. The molecule has 2 aromatic rings. The molecule has 1 unspecified atom stereocenters. The normalized spacial score (nSPS) is 18.2. The van der Waals surface area contributed by atoms with Crippen molar-refractivity contribution in [2.75, 3.05) is 19.7 Å². The molecule has 0 spiro atoms. The van der Waals surface area contributed by atoms with Gasteiger partial charge in [-0.1, -0.05) is 18.2 Å². The van der Waals surface area contributed by atoms with Crippen LogP contribution in [0.25, 0.3) is 0 Å². The van der Waals surface area contributed by atoms with Gasteiger partial charge in [0.2, 0.25) is 15.9 Å². The third-order valence-corrected chi connectivity index (χ3v) is 8.45. The Balaban J connectivity index is 1.35. The zero-order valence-corrected chi connectivity index (χ0v) is 19.7. The van der Waals surface area contributed by atoms with Crippen LogP contribution in [0.1, 0.15) is 55.8 Å². The topological polar surface area (TPSA) is 75.7 Å². The second kappa shape index (κ2) is 9.63. The zero-order chi connectivity index (χ0) is 22.7. The van der Waals surface area contributed by atoms with Gasteiger partial charge in [-0.25, -0.2) is 8.42 Å². The summed E-state index contributed by atoms with van der Waals surface area (Å²) < 4.78 is 33.3. The van der Waals surface area contributed by atoms with Gasteiger partial charge in [-0.05, 0) is 86.9 Å². The van der Waals surface area contributed by atoms with Crippen LogP contribution in [0.15, 0.2) is 47.4 Å². The lowest BCUT2D eigenvalue weighted by Crippen LogP contribution is -2.43. The fourth-order valence-electron chi connectivity index (χ4n) is 4.67. The monoisotopic (exact) mass is 456 g/mol. The van der Waals surface area contributed by atoms with Crippen molar-refractivity contribution in [3.63, 3.8) is 0 Å². The predicted molar refractivity (Wildman–Crippen MR) is 124 cm³/mol. The van der Waals surface area contributed by atoms with Gasteiger partial charge in [0.25, 0.3) is 0 Å². The minimum atomic E-state index is -3.52. The molecule has 1 aliphatic carbocycles. The highest BCUT2D eigenvalue weighted by atomic mass is 32.2. The summed E-state index contributed by atoms with van der Waals surface area (Å²) in [5, 5.41) is 3.09. The van der Waals surface area contributed by atoms with Crippen LogP contribution in [-0.4, -0.2) is 38.3 Å². The summed E-state index contributed by atoms with van der Waals surface area (Å²) in [6.45, 7) is 5.22. The number of fused-ring (bicyclic) bond motifs is 1. The molecule has 6 nitrogen and oxygen atoms in total. The third kappa shape index (κ3) is 4.84. The number of benzene rings is 2. The molecule has 1 heterocycles. The molecule has 1 atom stereocenters. The van der Waals surface area contributed by atoms with Crippen LogP contribution in [0.3, 0.4) is 0 Å². The van der Waals surface area contributed by atoms with Gasteiger partial charge >= 0.3 is 0 Å². The first-order valence-electron chi connectivity index (χ1n) is 11.5. The number of nitrogens with zero attached hydrogens (tertiary/aromatic N) is 1. The number of hydrogen-bond donors (Lipinski definition) is 1. The van der Waals surface area contributed by atoms with Crippen molar-refractivity contribution in [1.29, 1.82) is 0 Å². The number of carbonyl (C=O) groups is 1. The van der Waals surface area contributed by atoms with Crippen LogP contribution in [0.2, 0.25) is 0 Å². The first kappa shape index (κ1) is 22.8. The van der Waals surface area contributed by atoms with Gasteiger partial charge in [-0.3, -0.25) is 4.79 Å². The van der Waals surface area contributed by atoms with Crippen molar-refractivity contribution >= 4 is 15.9 Å². The summed E-state index contributed by atoms with van der Waals surface area (Å²) in [5.41, 5.74) is 3.41. The Morgan fingerprint density at radius 2 is 1.88 bits per heavy atom. The maximum atomic E-state index is 13.1.